The summed E-state index contributed by atoms with van der Waals surface area (Å²) in [6.07, 6.45) is 0.887. The smallest absolute Gasteiger partial charge is 0.243 e. The van der Waals surface area contributed by atoms with Crippen LogP contribution in [0.2, 0.25) is 0 Å². The van der Waals surface area contributed by atoms with Crippen molar-refractivity contribution in [3.63, 3.8) is 0 Å². The van der Waals surface area contributed by atoms with Crippen molar-refractivity contribution in [3.8, 4) is 0 Å². The molecule has 2 aromatic rings. The van der Waals surface area contributed by atoms with Crippen LogP contribution in [-0.2, 0) is 27.8 Å². The Morgan fingerprint density at radius 3 is 2.17 bits per heavy atom. The molecule has 29 heavy (non-hydrogen) atoms. The Morgan fingerprint density at radius 1 is 0.862 bits per heavy atom. The van der Waals surface area contributed by atoms with Crippen LogP contribution < -0.4 is 0 Å². The van der Waals surface area contributed by atoms with Crippen molar-refractivity contribution in [1.29, 1.82) is 0 Å². The van der Waals surface area contributed by atoms with Crippen molar-refractivity contribution in [3.05, 3.63) is 65.7 Å². The van der Waals surface area contributed by atoms with Crippen LogP contribution in [0.4, 0.5) is 0 Å². The first-order chi connectivity index (χ1) is 14.0. The number of hydrogen-bond donors (Lipinski definition) is 0. The van der Waals surface area contributed by atoms with Crippen LogP contribution in [0, 0.1) is 0 Å². The third kappa shape index (κ3) is 4.08. The second-order valence-electron chi connectivity index (χ2n) is 7.71. The number of piperazine rings is 1. The van der Waals surface area contributed by atoms with Crippen LogP contribution in [0.25, 0.3) is 0 Å². The first-order valence-electron chi connectivity index (χ1n) is 10.1. The van der Waals surface area contributed by atoms with Gasteiger partial charge in [-0.2, -0.15) is 4.31 Å². The molecule has 0 unspecified atom stereocenters. The highest BCUT2D eigenvalue weighted by Gasteiger charge is 2.33. The monoisotopic (exact) mass is 413 g/mol. The third-order valence-corrected chi connectivity index (χ3v) is 7.91. The lowest BCUT2D eigenvalue weighted by molar-refractivity contribution is -0.137. The zero-order chi connectivity index (χ0) is 20.4. The lowest BCUT2D eigenvalue weighted by Crippen LogP contribution is -2.55. The largest absolute Gasteiger partial charge is 0.337 e. The van der Waals surface area contributed by atoms with Crippen molar-refractivity contribution < 1.29 is 13.2 Å². The summed E-state index contributed by atoms with van der Waals surface area (Å²) < 4.78 is 27.1. The standard InChI is InChI=1S/C22H27N3O3S/c1-18(22(26)24-12-11-19-7-5-6-8-20(19)17-24)23-13-15-25(16-14-23)29(27,28)21-9-3-2-4-10-21/h2-10,18H,11-17H2,1H3/t18-/m1/s1. The van der Waals surface area contributed by atoms with Gasteiger partial charge >= 0.3 is 0 Å². The van der Waals surface area contributed by atoms with E-state index in [2.05, 4.69) is 17.0 Å². The van der Waals surface area contributed by atoms with E-state index in [1.54, 1.807) is 24.3 Å². The van der Waals surface area contributed by atoms with E-state index in [0.29, 0.717) is 37.6 Å². The Balaban J connectivity index is 1.37. The van der Waals surface area contributed by atoms with Gasteiger partial charge in [0.2, 0.25) is 15.9 Å². The summed E-state index contributed by atoms with van der Waals surface area (Å²) in [5.74, 6) is 0.124. The van der Waals surface area contributed by atoms with Crippen LogP contribution in [-0.4, -0.2) is 67.2 Å². The van der Waals surface area contributed by atoms with E-state index in [1.165, 1.54) is 15.4 Å². The lowest BCUT2D eigenvalue weighted by atomic mass is 9.99. The number of carbonyl (C=O) groups excluding carboxylic acids is 1. The summed E-state index contributed by atoms with van der Waals surface area (Å²) in [6.45, 7) is 5.25. The van der Waals surface area contributed by atoms with Crippen molar-refractivity contribution in [2.75, 3.05) is 32.7 Å². The van der Waals surface area contributed by atoms with Gasteiger partial charge in [0.05, 0.1) is 10.9 Å². The van der Waals surface area contributed by atoms with Gasteiger partial charge in [0.25, 0.3) is 0 Å². The molecule has 1 atom stereocenters. The van der Waals surface area contributed by atoms with Crippen molar-refractivity contribution in [1.82, 2.24) is 14.1 Å². The fourth-order valence-corrected chi connectivity index (χ4v) is 5.62. The molecule has 0 saturated carbocycles. The van der Waals surface area contributed by atoms with E-state index in [0.717, 1.165) is 13.0 Å². The van der Waals surface area contributed by atoms with Gasteiger partial charge in [0.1, 0.15) is 0 Å². The van der Waals surface area contributed by atoms with E-state index in [9.17, 15) is 13.2 Å². The summed E-state index contributed by atoms with van der Waals surface area (Å²) in [4.78, 5) is 17.4. The highest BCUT2D eigenvalue weighted by molar-refractivity contribution is 7.89. The molecule has 0 N–H and O–H groups in total. The predicted octanol–water partition coefficient (Wildman–Crippen LogP) is 1.97. The second-order valence-corrected chi connectivity index (χ2v) is 9.65. The van der Waals surface area contributed by atoms with Crippen molar-refractivity contribution in [2.24, 2.45) is 0 Å². The minimum atomic E-state index is -3.47. The minimum Gasteiger partial charge on any atom is -0.337 e. The van der Waals surface area contributed by atoms with Gasteiger partial charge in [-0.05, 0) is 36.6 Å². The van der Waals surface area contributed by atoms with Gasteiger partial charge in [-0.3, -0.25) is 9.69 Å². The number of amides is 1. The van der Waals surface area contributed by atoms with Crippen LogP contribution in [0.3, 0.4) is 0 Å². The Bertz CT molecular complexity index is 970. The summed E-state index contributed by atoms with van der Waals surface area (Å²) in [6, 6.07) is 16.6. The molecule has 0 radical (unpaired) electrons. The molecule has 0 spiro atoms. The molecule has 4 rings (SSSR count). The van der Waals surface area contributed by atoms with E-state index in [-0.39, 0.29) is 11.9 Å². The van der Waals surface area contributed by atoms with Crippen molar-refractivity contribution in [2.45, 2.75) is 30.8 Å². The lowest BCUT2D eigenvalue weighted by Gasteiger charge is -2.39. The predicted molar refractivity (Wildman–Crippen MR) is 112 cm³/mol. The SMILES string of the molecule is C[C@H](C(=O)N1CCc2ccccc2C1)N1CCN(S(=O)(=O)c2ccccc2)CC1. The summed E-state index contributed by atoms with van der Waals surface area (Å²) in [5.41, 5.74) is 2.54. The first-order valence-corrected chi connectivity index (χ1v) is 11.6. The fourth-order valence-electron chi connectivity index (χ4n) is 4.18. The highest BCUT2D eigenvalue weighted by Crippen LogP contribution is 2.22. The molecule has 1 fully saturated rings. The molecule has 154 valence electrons. The normalized spacial score (nSPS) is 19.6. The number of sulfonamides is 1. The van der Waals surface area contributed by atoms with Crippen molar-refractivity contribution >= 4 is 15.9 Å². The molecule has 0 bridgehead atoms. The molecule has 2 aromatic carbocycles. The third-order valence-electron chi connectivity index (χ3n) is 6.00. The van der Waals surface area contributed by atoms with Gasteiger partial charge in [-0.15, -0.1) is 0 Å². The number of rotatable bonds is 4. The molecule has 0 aromatic heterocycles. The van der Waals surface area contributed by atoms with E-state index >= 15 is 0 Å². The second kappa shape index (κ2) is 8.26. The van der Waals surface area contributed by atoms with E-state index < -0.39 is 10.0 Å². The number of benzene rings is 2. The highest BCUT2D eigenvalue weighted by atomic mass is 32.2. The van der Waals surface area contributed by atoms with Crippen LogP contribution in [0.15, 0.2) is 59.5 Å². The van der Waals surface area contributed by atoms with Crippen LogP contribution >= 0.6 is 0 Å². The number of hydrogen-bond acceptors (Lipinski definition) is 4. The van der Waals surface area contributed by atoms with Gasteiger partial charge < -0.3 is 4.90 Å². The fraction of sp³-hybridized carbons (Fsp3) is 0.409. The molecule has 7 heteroatoms. The van der Waals surface area contributed by atoms with Crippen LogP contribution in [0.1, 0.15) is 18.1 Å². The quantitative estimate of drug-likeness (QED) is 0.769. The number of nitrogens with zero attached hydrogens (tertiary/aromatic N) is 3. The van der Waals surface area contributed by atoms with Gasteiger partial charge in [0.15, 0.2) is 0 Å². The Labute approximate surface area is 172 Å². The maximum atomic E-state index is 13.1. The maximum absolute atomic E-state index is 13.1. The molecule has 1 saturated heterocycles. The number of fused-ring (bicyclic) bond motifs is 1. The first kappa shape index (κ1) is 20.1. The summed E-state index contributed by atoms with van der Waals surface area (Å²) in [7, 11) is -3.47. The van der Waals surface area contributed by atoms with Gasteiger partial charge in [-0.1, -0.05) is 42.5 Å². The molecule has 1 amide bonds. The zero-order valence-electron chi connectivity index (χ0n) is 16.7. The average Bonchev–Trinajstić information content (AvgIpc) is 2.78. The number of carbonyl (C=O) groups is 1. The molecule has 6 nitrogen and oxygen atoms in total. The molecule has 2 aliphatic rings. The van der Waals surface area contributed by atoms with E-state index in [1.807, 2.05) is 30.0 Å². The maximum Gasteiger partial charge on any atom is 0.243 e. The minimum absolute atomic E-state index is 0.124. The zero-order valence-corrected chi connectivity index (χ0v) is 17.5. The molecular weight excluding hydrogens is 386 g/mol. The average molecular weight is 414 g/mol. The molecule has 2 aliphatic heterocycles. The Hall–Kier alpha value is -2.22. The molecular formula is C22H27N3O3S. The Kier molecular flexibility index (Phi) is 5.72. The summed E-state index contributed by atoms with van der Waals surface area (Å²) >= 11 is 0. The topological polar surface area (TPSA) is 60.9 Å². The van der Waals surface area contributed by atoms with E-state index in [4.69, 9.17) is 0 Å². The van der Waals surface area contributed by atoms with Gasteiger partial charge in [-0.25, -0.2) is 8.42 Å². The summed E-state index contributed by atoms with van der Waals surface area (Å²) in [5, 5.41) is 0. The molecule has 0 aliphatic carbocycles. The van der Waals surface area contributed by atoms with Crippen LogP contribution in [0.5, 0.6) is 0 Å². The molecule has 2 heterocycles. The Morgan fingerprint density at radius 2 is 1.48 bits per heavy atom. The van der Waals surface area contributed by atoms with Gasteiger partial charge in [0, 0.05) is 39.3 Å².